The SMILES string of the molecule is CCCc1c2[nH]c(C(=O)OCC)cc2cc2c(=O)cc(C(=O)OCC)oc12. The number of hydrogen-bond acceptors (Lipinski definition) is 6. The lowest BCUT2D eigenvalue weighted by molar-refractivity contribution is 0.0488. The van der Waals surface area contributed by atoms with Gasteiger partial charge < -0.3 is 18.9 Å². The monoisotopic (exact) mass is 371 g/mol. The Bertz CT molecular complexity index is 1080. The van der Waals surface area contributed by atoms with Crippen LogP contribution in [0.25, 0.3) is 21.9 Å². The van der Waals surface area contributed by atoms with Gasteiger partial charge in [-0.15, -0.1) is 0 Å². The van der Waals surface area contributed by atoms with Gasteiger partial charge in [0, 0.05) is 17.0 Å². The predicted octanol–water partition coefficient (Wildman–Crippen LogP) is 3.58. The summed E-state index contributed by atoms with van der Waals surface area (Å²) in [6.07, 6.45) is 1.39. The van der Waals surface area contributed by atoms with E-state index in [0.717, 1.165) is 18.1 Å². The molecule has 142 valence electrons. The van der Waals surface area contributed by atoms with Crippen molar-refractivity contribution >= 4 is 33.8 Å². The lowest BCUT2D eigenvalue weighted by atomic mass is 10.0. The molecule has 0 aliphatic rings. The van der Waals surface area contributed by atoms with Gasteiger partial charge >= 0.3 is 11.9 Å². The van der Waals surface area contributed by atoms with Gasteiger partial charge in [-0.1, -0.05) is 13.3 Å². The van der Waals surface area contributed by atoms with Crippen LogP contribution in [0.2, 0.25) is 0 Å². The van der Waals surface area contributed by atoms with Gasteiger partial charge in [-0.2, -0.15) is 0 Å². The number of benzene rings is 1. The molecule has 0 unspecified atom stereocenters. The second-order valence-corrected chi connectivity index (χ2v) is 6.04. The minimum Gasteiger partial charge on any atom is -0.461 e. The predicted molar refractivity (Wildman–Crippen MR) is 100 cm³/mol. The molecule has 27 heavy (non-hydrogen) atoms. The zero-order valence-electron chi connectivity index (χ0n) is 15.5. The first-order valence-corrected chi connectivity index (χ1v) is 8.96. The highest BCUT2D eigenvalue weighted by Gasteiger charge is 2.20. The van der Waals surface area contributed by atoms with Crippen molar-refractivity contribution in [2.24, 2.45) is 0 Å². The summed E-state index contributed by atoms with van der Waals surface area (Å²) < 4.78 is 15.7. The third kappa shape index (κ3) is 3.45. The number of hydrogen-bond donors (Lipinski definition) is 1. The molecule has 0 saturated heterocycles. The fraction of sp³-hybridized carbons (Fsp3) is 0.350. The van der Waals surface area contributed by atoms with Gasteiger partial charge in [0.25, 0.3) is 0 Å². The number of carbonyl (C=O) groups excluding carboxylic acids is 2. The Morgan fingerprint density at radius 3 is 2.41 bits per heavy atom. The van der Waals surface area contributed by atoms with E-state index in [4.69, 9.17) is 13.9 Å². The maximum absolute atomic E-state index is 12.6. The van der Waals surface area contributed by atoms with Crippen molar-refractivity contribution in [3.05, 3.63) is 45.4 Å². The lowest BCUT2D eigenvalue weighted by Gasteiger charge is -2.08. The molecule has 3 aromatic rings. The van der Waals surface area contributed by atoms with Gasteiger partial charge in [-0.3, -0.25) is 4.79 Å². The van der Waals surface area contributed by atoms with Crippen LogP contribution in [-0.2, 0) is 15.9 Å². The molecule has 0 bridgehead atoms. The third-order valence-corrected chi connectivity index (χ3v) is 4.18. The van der Waals surface area contributed by atoms with Crippen LogP contribution in [0.1, 0.15) is 53.8 Å². The highest BCUT2D eigenvalue weighted by atomic mass is 16.5. The Morgan fingerprint density at radius 1 is 1.04 bits per heavy atom. The van der Waals surface area contributed by atoms with Crippen molar-refractivity contribution in [3.63, 3.8) is 0 Å². The van der Waals surface area contributed by atoms with Crippen LogP contribution in [0.15, 0.2) is 27.4 Å². The van der Waals surface area contributed by atoms with E-state index in [1.165, 1.54) is 0 Å². The molecule has 2 aromatic heterocycles. The number of fused-ring (bicyclic) bond motifs is 2. The molecule has 0 radical (unpaired) electrons. The Labute approximate surface area is 155 Å². The first-order valence-electron chi connectivity index (χ1n) is 8.96. The smallest absolute Gasteiger partial charge is 0.374 e. The van der Waals surface area contributed by atoms with E-state index in [-0.39, 0.29) is 24.4 Å². The molecule has 1 aromatic carbocycles. The van der Waals surface area contributed by atoms with Crippen LogP contribution in [0.3, 0.4) is 0 Å². The van der Waals surface area contributed by atoms with Gasteiger partial charge in [0.1, 0.15) is 11.3 Å². The molecule has 0 spiro atoms. The average molecular weight is 371 g/mol. The molecule has 0 atom stereocenters. The molecule has 0 amide bonds. The van der Waals surface area contributed by atoms with Crippen LogP contribution < -0.4 is 5.43 Å². The molecule has 7 heteroatoms. The zero-order valence-corrected chi connectivity index (χ0v) is 15.5. The summed E-state index contributed by atoms with van der Waals surface area (Å²) in [5, 5.41) is 1.07. The fourth-order valence-electron chi connectivity index (χ4n) is 3.08. The quantitative estimate of drug-likeness (QED) is 0.665. The summed E-state index contributed by atoms with van der Waals surface area (Å²) >= 11 is 0. The van der Waals surface area contributed by atoms with Gasteiger partial charge in [-0.25, -0.2) is 9.59 Å². The number of aryl methyl sites for hydroxylation is 1. The van der Waals surface area contributed by atoms with Gasteiger partial charge in [0.05, 0.1) is 24.1 Å². The summed E-state index contributed by atoms with van der Waals surface area (Å²) in [5.74, 6) is -1.28. The summed E-state index contributed by atoms with van der Waals surface area (Å²) in [7, 11) is 0. The van der Waals surface area contributed by atoms with Crippen molar-refractivity contribution in [1.82, 2.24) is 4.98 Å². The molecule has 0 saturated carbocycles. The molecule has 0 aliphatic heterocycles. The first-order chi connectivity index (χ1) is 13.0. The molecule has 0 fully saturated rings. The fourth-order valence-corrected chi connectivity index (χ4v) is 3.08. The number of ether oxygens (including phenoxy) is 2. The van der Waals surface area contributed by atoms with Crippen molar-refractivity contribution < 1.29 is 23.5 Å². The van der Waals surface area contributed by atoms with Crippen LogP contribution in [0, 0.1) is 0 Å². The lowest BCUT2D eigenvalue weighted by Crippen LogP contribution is -2.10. The van der Waals surface area contributed by atoms with E-state index in [1.807, 2.05) is 6.92 Å². The second-order valence-electron chi connectivity index (χ2n) is 6.04. The second kappa shape index (κ2) is 7.65. The Kier molecular flexibility index (Phi) is 5.30. The van der Waals surface area contributed by atoms with Gasteiger partial charge in [0.2, 0.25) is 5.76 Å². The summed E-state index contributed by atoms with van der Waals surface area (Å²) in [5.41, 5.74) is 1.73. The Morgan fingerprint density at radius 2 is 1.74 bits per heavy atom. The topological polar surface area (TPSA) is 98.6 Å². The number of H-pyrrole nitrogens is 1. The molecule has 2 heterocycles. The third-order valence-electron chi connectivity index (χ3n) is 4.18. The van der Waals surface area contributed by atoms with Crippen molar-refractivity contribution in [3.8, 4) is 0 Å². The Hall–Kier alpha value is -3.09. The van der Waals surface area contributed by atoms with Gasteiger partial charge in [-0.05, 0) is 32.4 Å². The average Bonchev–Trinajstić information content (AvgIpc) is 3.07. The molecule has 1 N–H and O–H groups in total. The molecular weight excluding hydrogens is 350 g/mol. The van der Waals surface area contributed by atoms with E-state index < -0.39 is 11.9 Å². The first kappa shape index (κ1) is 18.7. The van der Waals surface area contributed by atoms with Crippen LogP contribution in [0.4, 0.5) is 0 Å². The maximum Gasteiger partial charge on any atom is 0.374 e. The van der Waals surface area contributed by atoms with Gasteiger partial charge in [0.15, 0.2) is 5.43 Å². The summed E-state index contributed by atoms with van der Waals surface area (Å²) in [6, 6.07) is 4.45. The van der Waals surface area contributed by atoms with E-state index in [1.54, 1.807) is 26.0 Å². The number of esters is 2. The molecule has 7 nitrogen and oxygen atoms in total. The van der Waals surface area contributed by atoms with E-state index in [2.05, 4.69) is 4.98 Å². The maximum atomic E-state index is 12.6. The number of carbonyl (C=O) groups is 2. The highest BCUT2D eigenvalue weighted by molar-refractivity contribution is 6.03. The van der Waals surface area contributed by atoms with E-state index in [9.17, 15) is 14.4 Å². The van der Waals surface area contributed by atoms with Crippen molar-refractivity contribution in [2.45, 2.75) is 33.6 Å². The molecule has 0 aliphatic carbocycles. The van der Waals surface area contributed by atoms with Crippen molar-refractivity contribution in [2.75, 3.05) is 13.2 Å². The zero-order chi connectivity index (χ0) is 19.6. The minimum absolute atomic E-state index is 0.136. The minimum atomic E-state index is -0.683. The number of rotatable bonds is 6. The van der Waals surface area contributed by atoms with Crippen LogP contribution in [-0.4, -0.2) is 30.1 Å². The number of aromatic nitrogens is 1. The van der Waals surface area contributed by atoms with E-state index >= 15 is 0 Å². The van der Waals surface area contributed by atoms with Crippen LogP contribution in [0.5, 0.6) is 0 Å². The van der Waals surface area contributed by atoms with E-state index in [0.29, 0.717) is 34.0 Å². The van der Waals surface area contributed by atoms with Crippen LogP contribution >= 0.6 is 0 Å². The largest absolute Gasteiger partial charge is 0.461 e. The number of nitrogens with one attached hydrogen (secondary N) is 1. The highest BCUT2D eigenvalue weighted by Crippen LogP contribution is 2.29. The molecule has 3 rings (SSSR count). The van der Waals surface area contributed by atoms with Crippen molar-refractivity contribution in [1.29, 1.82) is 0 Å². The summed E-state index contributed by atoms with van der Waals surface area (Å²) in [6.45, 7) is 5.85. The standard InChI is InChI=1S/C20H21NO6/c1-4-7-12-17-11(9-14(21-17)19(23)25-5-2)8-13-15(22)10-16(27-18(12)13)20(24)26-6-3/h8-10,21H,4-7H2,1-3H3. The number of aromatic amines is 1. The Balaban J connectivity index is 2.29. The summed E-state index contributed by atoms with van der Waals surface area (Å²) in [4.78, 5) is 39.7. The molecular formula is C20H21NO6. The normalized spacial score (nSPS) is 11.1.